The van der Waals surface area contributed by atoms with Gasteiger partial charge in [0.1, 0.15) is 10.9 Å². The van der Waals surface area contributed by atoms with Gasteiger partial charge in [0.15, 0.2) is 0 Å². The Morgan fingerprint density at radius 2 is 1.28 bits per heavy atom. The number of amides is 1. The number of carbonyl (C=O) groups is 1. The lowest BCUT2D eigenvalue weighted by molar-refractivity contribution is -0.123. The minimum atomic E-state index is -4.17. The number of hydrogen-bond donors (Lipinski definition) is 2. The van der Waals surface area contributed by atoms with Crippen molar-refractivity contribution >= 4 is 39.1 Å². The highest BCUT2D eigenvalue weighted by Crippen LogP contribution is 2.26. The molecule has 0 fully saturated rings. The summed E-state index contributed by atoms with van der Waals surface area (Å²) in [6, 6.07) is 30.8. The summed E-state index contributed by atoms with van der Waals surface area (Å²) in [6.45, 7) is 0. The van der Waals surface area contributed by atoms with Crippen molar-refractivity contribution in [1.29, 1.82) is 0 Å². The fourth-order valence-electron chi connectivity index (χ4n) is 3.86. The van der Waals surface area contributed by atoms with E-state index in [1.54, 1.807) is 0 Å². The van der Waals surface area contributed by atoms with Gasteiger partial charge in [0.05, 0.1) is 11.1 Å². The van der Waals surface area contributed by atoms with Gasteiger partial charge in [-0.2, -0.15) is 4.72 Å². The zero-order chi connectivity index (χ0) is 25.5. The second kappa shape index (κ2) is 11.7. The lowest BCUT2D eigenvalue weighted by atomic mass is 9.97. The molecule has 0 saturated carbocycles. The van der Waals surface area contributed by atoms with Gasteiger partial charge in [-0.05, 0) is 41.3 Å². The standard InChI is InChI=1S/C28H24Cl2N2O3S/c29-23-16-17-24(30)26(19-23)36(34,35)32-25(18-20-10-4-1-5-11-20)28(33)31-27(21-12-6-2-7-13-21)22-14-8-3-9-15-22/h1-17,19,25,27,32H,18H2,(H,31,33)/t25-/m1/s1. The van der Waals surface area contributed by atoms with Gasteiger partial charge in [0.25, 0.3) is 0 Å². The first kappa shape index (κ1) is 25.9. The highest BCUT2D eigenvalue weighted by molar-refractivity contribution is 7.89. The average Bonchev–Trinajstić information content (AvgIpc) is 2.89. The Morgan fingerprint density at radius 1 is 0.750 bits per heavy atom. The number of halogens is 2. The molecule has 0 aliphatic rings. The van der Waals surface area contributed by atoms with Crippen LogP contribution in [-0.2, 0) is 21.2 Å². The third-order valence-corrected chi connectivity index (χ3v) is 7.82. The molecule has 0 aliphatic heterocycles. The van der Waals surface area contributed by atoms with Crippen LogP contribution in [0.15, 0.2) is 114 Å². The van der Waals surface area contributed by atoms with E-state index in [-0.39, 0.29) is 21.4 Å². The Morgan fingerprint density at radius 3 is 1.83 bits per heavy atom. The van der Waals surface area contributed by atoms with E-state index in [1.165, 1.54) is 18.2 Å². The molecule has 0 aliphatic carbocycles. The van der Waals surface area contributed by atoms with E-state index in [4.69, 9.17) is 23.2 Å². The summed E-state index contributed by atoms with van der Waals surface area (Å²) in [7, 11) is -4.17. The fourth-order valence-corrected chi connectivity index (χ4v) is 5.82. The monoisotopic (exact) mass is 538 g/mol. The van der Waals surface area contributed by atoms with Gasteiger partial charge in [-0.25, -0.2) is 8.42 Å². The third-order valence-electron chi connectivity index (χ3n) is 5.63. The summed E-state index contributed by atoms with van der Waals surface area (Å²) < 4.78 is 29.2. The molecular weight excluding hydrogens is 515 g/mol. The van der Waals surface area contributed by atoms with Crippen LogP contribution in [0, 0.1) is 0 Å². The molecule has 0 spiro atoms. The molecule has 0 unspecified atom stereocenters. The van der Waals surface area contributed by atoms with E-state index in [2.05, 4.69) is 10.0 Å². The van der Waals surface area contributed by atoms with E-state index in [0.29, 0.717) is 0 Å². The molecule has 4 aromatic rings. The minimum Gasteiger partial charge on any atom is -0.344 e. The maximum atomic E-state index is 13.7. The van der Waals surface area contributed by atoms with E-state index < -0.39 is 28.0 Å². The van der Waals surface area contributed by atoms with Crippen molar-refractivity contribution in [2.24, 2.45) is 0 Å². The SMILES string of the molecule is O=C(NC(c1ccccc1)c1ccccc1)[C@@H](Cc1ccccc1)NS(=O)(=O)c1cc(Cl)ccc1Cl. The Balaban J connectivity index is 1.68. The molecule has 184 valence electrons. The summed E-state index contributed by atoms with van der Waals surface area (Å²) in [5.41, 5.74) is 2.54. The Kier molecular flexibility index (Phi) is 8.44. The highest BCUT2D eigenvalue weighted by atomic mass is 35.5. The van der Waals surface area contributed by atoms with Gasteiger partial charge in [-0.3, -0.25) is 4.79 Å². The van der Waals surface area contributed by atoms with Gasteiger partial charge in [0, 0.05) is 5.02 Å². The smallest absolute Gasteiger partial charge is 0.242 e. The summed E-state index contributed by atoms with van der Waals surface area (Å²) in [5.74, 6) is -0.474. The largest absolute Gasteiger partial charge is 0.344 e. The molecule has 2 N–H and O–H groups in total. The number of nitrogens with one attached hydrogen (secondary N) is 2. The molecule has 0 aromatic heterocycles. The zero-order valence-electron chi connectivity index (χ0n) is 19.1. The number of rotatable bonds is 9. The normalized spacial score (nSPS) is 12.3. The second-order valence-electron chi connectivity index (χ2n) is 8.20. The van der Waals surface area contributed by atoms with Gasteiger partial charge in [-0.1, -0.05) is 114 Å². The lowest BCUT2D eigenvalue weighted by Crippen LogP contribution is -2.49. The third kappa shape index (κ3) is 6.53. The van der Waals surface area contributed by atoms with Gasteiger partial charge in [0.2, 0.25) is 15.9 Å². The molecule has 4 rings (SSSR count). The van der Waals surface area contributed by atoms with E-state index >= 15 is 0 Å². The summed E-state index contributed by atoms with van der Waals surface area (Å²) in [6.07, 6.45) is 0.139. The van der Waals surface area contributed by atoms with Crippen molar-refractivity contribution in [2.45, 2.75) is 23.4 Å². The molecule has 1 amide bonds. The van der Waals surface area contributed by atoms with Crippen LogP contribution in [0.3, 0.4) is 0 Å². The van der Waals surface area contributed by atoms with Gasteiger partial charge >= 0.3 is 0 Å². The predicted molar refractivity (Wildman–Crippen MR) is 144 cm³/mol. The second-order valence-corrected chi connectivity index (χ2v) is 10.7. The molecule has 0 heterocycles. The summed E-state index contributed by atoms with van der Waals surface area (Å²) in [4.78, 5) is 13.5. The lowest BCUT2D eigenvalue weighted by Gasteiger charge is -2.24. The van der Waals surface area contributed by atoms with Crippen molar-refractivity contribution in [3.05, 3.63) is 136 Å². The van der Waals surface area contributed by atoms with Gasteiger partial charge in [-0.15, -0.1) is 0 Å². The summed E-state index contributed by atoms with van der Waals surface area (Å²) >= 11 is 12.2. The molecule has 0 saturated heterocycles. The molecule has 5 nitrogen and oxygen atoms in total. The molecule has 0 radical (unpaired) electrons. The zero-order valence-corrected chi connectivity index (χ0v) is 21.5. The minimum absolute atomic E-state index is 0.0113. The Hall–Kier alpha value is -3.16. The highest BCUT2D eigenvalue weighted by Gasteiger charge is 2.29. The molecule has 4 aromatic carbocycles. The number of carbonyl (C=O) groups excluding carboxylic acids is 1. The predicted octanol–water partition coefficient (Wildman–Crippen LogP) is 5.79. The van der Waals surface area contributed by atoms with Crippen molar-refractivity contribution in [1.82, 2.24) is 10.0 Å². The van der Waals surface area contributed by atoms with Crippen molar-refractivity contribution in [3.8, 4) is 0 Å². The maximum Gasteiger partial charge on any atom is 0.242 e. The van der Waals surface area contributed by atoms with Crippen LogP contribution in [0.1, 0.15) is 22.7 Å². The molecule has 1 atom stereocenters. The quantitative estimate of drug-likeness (QED) is 0.283. The fraction of sp³-hybridized carbons (Fsp3) is 0.107. The van der Waals surface area contributed by atoms with Crippen LogP contribution < -0.4 is 10.0 Å². The maximum absolute atomic E-state index is 13.7. The van der Waals surface area contributed by atoms with Crippen LogP contribution in [0.25, 0.3) is 0 Å². The van der Waals surface area contributed by atoms with Crippen molar-refractivity contribution < 1.29 is 13.2 Å². The molecule has 36 heavy (non-hydrogen) atoms. The van der Waals surface area contributed by atoms with Crippen molar-refractivity contribution in [3.63, 3.8) is 0 Å². The van der Waals surface area contributed by atoms with Crippen LogP contribution in [0.2, 0.25) is 10.0 Å². The van der Waals surface area contributed by atoms with Crippen LogP contribution >= 0.6 is 23.2 Å². The van der Waals surface area contributed by atoms with E-state index in [1.807, 2.05) is 91.0 Å². The molecule has 8 heteroatoms. The topological polar surface area (TPSA) is 75.3 Å². The van der Waals surface area contributed by atoms with Crippen LogP contribution in [0.5, 0.6) is 0 Å². The first-order valence-electron chi connectivity index (χ1n) is 11.2. The average molecular weight is 539 g/mol. The Bertz CT molecular complexity index is 1380. The van der Waals surface area contributed by atoms with Crippen molar-refractivity contribution in [2.75, 3.05) is 0 Å². The van der Waals surface area contributed by atoms with E-state index in [9.17, 15) is 13.2 Å². The first-order chi connectivity index (χ1) is 17.3. The Labute approximate surface area is 221 Å². The van der Waals surface area contributed by atoms with Crippen LogP contribution in [-0.4, -0.2) is 20.4 Å². The molecule has 0 bridgehead atoms. The number of hydrogen-bond acceptors (Lipinski definition) is 3. The van der Waals surface area contributed by atoms with E-state index in [0.717, 1.165) is 16.7 Å². The number of sulfonamides is 1. The summed E-state index contributed by atoms with van der Waals surface area (Å²) in [5, 5.41) is 3.28. The number of benzene rings is 4. The van der Waals surface area contributed by atoms with Crippen LogP contribution in [0.4, 0.5) is 0 Å². The first-order valence-corrected chi connectivity index (χ1v) is 13.5. The van der Waals surface area contributed by atoms with Gasteiger partial charge < -0.3 is 5.32 Å². The molecular formula is C28H24Cl2N2O3S.